The molecule has 2 aliphatic heterocycles. The molecule has 5 N–H and O–H groups in total. The van der Waals surface area contributed by atoms with Gasteiger partial charge in [0.15, 0.2) is 11.9 Å². The third-order valence-corrected chi connectivity index (χ3v) is 7.94. The maximum atomic E-state index is 14.1. The van der Waals surface area contributed by atoms with Gasteiger partial charge in [-0.2, -0.15) is 0 Å². The molecule has 2 heterocycles. The molecule has 1 saturated carbocycles. The van der Waals surface area contributed by atoms with Crippen molar-refractivity contribution < 1.29 is 18.4 Å². The standard InChI is InChI=1S/C31H38F2N6O2/c1-4-20-7-6-8-22(16-20)28(40)25-17-26(38(34)14-13-31(32,33)5-2)29-35-18-27(39(29)37-25)21-9-12-24(19(3)15-21)30(41)36-23-10-11-23/h6-9,12,15-18,23,25,29,35,37H,4-5,10-11,13-14,34H2,1-3H3,(H,36,41). The molecular weight excluding hydrogens is 526 g/mol. The van der Waals surface area contributed by atoms with Crippen LogP contribution in [0.2, 0.25) is 0 Å². The maximum Gasteiger partial charge on any atom is 0.251 e. The third-order valence-electron chi connectivity index (χ3n) is 7.94. The molecule has 1 fully saturated rings. The van der Waals surface area contributed by atoms with Crippen LogP contribution in [0, 0.1) is 6.92 Å². The van der Waals surface area contributed by atoms with Crippen molar-refractivity contribution >= 4 is 17.4 Å². The number of nitrogens with one attached hydrogen (secondary N) is 3. The molecule has 8 nitrogen and oxygen atoms in total. The summed E-state index contributed by atoms with van der Waals surface area (Å²) < 4.78 is 28.2. The Kier molecular flexibility index (Phi) is 8.15. The highest BCUT2D eigenvalue weighted by atomic mass is 19.3. The van der Waals surface area contributed by atoms with Gasteiger partial charge in [0.1, 0.15) is 6.04 Å². The number of benzene rings is 2. The van der Waals surface area contributed by atoms with Gasteiger partial charge in [0, 0.05) is 48.3 Å². The van der Waals surface area contributed by atoms with Crippen LogP contribution in [0.3, 0.4) is 0 Å². The SMILES string of the molecule is CCc1cccc(C(=O)C2C=C(N(N)CCC(F)(F)CC)C3NC=C(c4ccc(C(=O)NC5CC5)c(C)c4)N3N2)c1. The van der Waals surface area contributed by atoms with Gasteiger partial charge in [0.2, 0.25) is 5.92 Å². The average Bonchev–Trinajstić information content (AvgIpc) is 3.69. The lowest BCUT2D eigenvalue weighted by Gasteiger charge is -2.41. The molecule has 0 radical (unpaired) electrons. The summed E-state index contributed by atoms with van der Waals surface area (Å²) in [6.07, 6.45) is 5.14. The third kappa shape index (κ3) is 6.28. The summed E-state index contributed by atoms with van der Waals surface area (Å²) in [6.45, 7) is 5.29. The summed E-state index contributed by atoms with van der Waals surface area (Å²) in [5.41, 5.74) is 8.45. The fourth-order valence-corrected chi connectivity index (χ4v) is 5.14. The van der Waals surface area contributed by atoms with Crippen LogP contribution in [0.15, 0.2) is 60.4 Å². The second-order valence-electron chi connectivity index (χ2n) is 11.0. The Bertz CT molecular complexity index is 1390. The Morgan fingerprint density at radius 1 is 1.17 bits per heavy atom. The Balaban J connectivity index is 1.43. The molecule has 0 saturated heterocycles. The number of hydrogen-bond acceptors (Lipinski definition) is 7. The number of rotatable bonds is 11. The molecule has 0 spiro atoms. The van der Waals surface area contributed by atoms with E-state index in [9.17, 15) is 18.4 Å². The normalized spacial score (nSPS) is 20.1. The Morgan fingerprint density at radius 3 is 2.63 bits per heavy atom. The second kappa shape index (κ2) is 11.6. The number of amides is 1. The van der Waals surface area contributed by atoms with Crippen LogP contribution in [0.4, 0.5) is 8.78 Å². The summed E-state index contributed by atoms with van der Waals surface area (Å²) >= 11 is 0. The topological polar surface area (TPSA) is 103 Å². The minimum absolute atomic E-state index is 0.0792. The van der Waals surface area contributed by atoms with E-state index in [0.29, 0.717) is 16.8 Å². The summed E-state index contributed by atoms with van der Waals surface area (Å²) in [4.78, 5) is 26.4. The first-order chi connectivity index (χ1) is 19.6. The quantitative estimate of drug-likeness (QED) is 0.184. The van der Waals surface area contributed by atoms with Crippen LogP contribution >= 0.6 is 0 Å². The smallest absolute Gasteiger partial charge is 0.251 e. The van der Waals surface area contributed by atoms with Gasteiger partial charge >= 0.3 is 0 Å². The molecule has 218 valence electrons. The number of nitrogens with two attached hydrogens (primary N) is 1. The molecule has 0 bridgehead atoms. The van der Waals surface area contributed by atoms with Gasteiger partial charge < -0.3 is 15.6 Å². The van der Waals surface area contributed by atoms with Gasteiger partial charge in [-0.15, -0.1) is 0 Å². The number of nitrogens with zero attached hydrogens (tertiary/aromatic N) is 2. The maximum absolute atomic E-state index is 14.1. The lowest BCUT2D eigenvalue weighted by Crippen LogP contribution is -2.59. The Morgan fingerprint density at radius 2 is 1.95 bits per heavy atom. The van der Waals surface area contributed by atoms with Crippen molar-refractivity contribution in [2.45, 2.75) is 77.0 Å². The van der Waals surface area contributed by atoms with Crippen molar-refractivity contribution in [3.63, 3.8) is 0 Å². The summed E-state index contributed by atoms with van der Waals surface area (Å²) in [5, 5.41) is 9.45. The monoisotopic (exact) mass is 564 g/mol. The highest BCUT2D eigenvalue weighted by Crippen LogP contribution is 2.32. The molecule has 2 aromatic rings. The van der Waals surface area contributed by atoms with Crippen LogP contribution in [0.1, 0.15) is 76.9 Å². The number of Topliss-reactive ketones (excluding diaryl/α,β-unsaturated/α-hetero) is 1. The fourth-order valence-electron chi connectivity index (χ4n) is 5.14. The zero-order valence-corrected chi connectivity index (χ0v) is 23.7. The first kappa shape index (κ1) is 28.8. The average molecular weight is 565 g/mol. The first-order valence-electron chi connectivity index (χ1n) is 14.3. The summed E-state index contributed by atoms with van der Waals surface area (Å²) in [5.74, 6) is 3.30. The van der Waals surface area contributed by atoms with E-state index < -0.39 is 24.6 Å². The molecule has 1 aliphatic carbocycles. The Hall–Kier alpha value is -3.76. The Labute approximate surface area is 239 Å². The number of alkyl halides is 2. The van der Waals surface area contributed by atoms with Crippen LogP contribution in [-0.2, 0) is 6.42 Å². The summed E-state index contributed by atoms with van der Waals surface area (Å²) in [7, 11) is 0. The van der Waals surface area contributed by atoms with Gasteiger partial charge in [-0.1, -0.05) is 38.1 Å². The van der Waals surface area contributed by atoms with E-state index in [4.69, 9.17) is 5.84 Å². The minimum atomic E-state index is -2.84. The van der Waals surface area contributed by atoms with Crippen molar-refractivity contribution in [3.05, 3.63) is 88.3 Å². The van der Waals surface area contributed by atoms with E-state index in [1.807, 2.05) is 55.4 Å². The number of fused-ring (bicyclic) bond motifs is 1. The van der Waals surface area contributed by atoms with Gasteiger partial charge in [-0.25, -0.2) is 20.0 Å². The molecule has 0 aromatic heterocycles. The molecule has 5 rings (SSSR count). The molecule has 10 heteroatoms. The lowest BCUT2D eigenvalue weighted by molar-refractivity contribution is -0.0189. The van der Waals surface area contributed by atoms with Crippen LogP contribution in [-0.4, -0.2) is 52.4 Å². The number of hydrazine groups is 2. The van der Waals surface area contributed by atoms with Crippen molar-refractivity contribution in [2.24, 2.45) is 5.84 Å². The van der Waals surface area contributed by atoms with Gasteiger partial charge in [-0.3, -0.25) is 14.6 Å². The highest BCUT2D eigenvalue weighted by molar-refractivity contribution is 6.02. The predicted molar refractivity (Wildman–Crippen MR) is 154 cm³/mol. The van der Waals surface area contributed by atoms with E-state index >= 15 is 0 Å². The van der Waals surface area contributed by atoms with Crippen molar-refractivity contribution in [2.75, 3.05) is 6.54 Å². The number of halogens is 2. The summed E-state index contributed by atoms with van der Waals surface area (Å²) in [6, 6.07) is 12.6. The molecule has 41 heavy (non-hydrogen) atoms. The highest BCUT2D eigenvalue weighted by Gasteiger charge is 2.40. The molecule has 2 atom stereocenters. The van der Waals surface area contributed by atoms with Crippen LogP contribution in [0.25, 0.3) is 5.70 Å². The zero-order valence-electron chi connectivity index (χ0n) is 23.7. The molecule has 3 aliphatic rings. The van der Waals surface area contributed by atoms with Crippen LogP contribution < -0.4 is 21.9 Å². The van der Waals surface area contributed by atoms with Gasteiger partial charge in [-0.05, 0) is 61.6 Å². The zero-order chi connectivity index (χ0) is 29.3. The molecular formula is C31H38F2N6O2. The molecule has 1 amide bonds. The molecule has 2 aromatic carbocycles. The van der Waals surface area contributed by atoms with Crippen molar-refractivity contribution in [1.29, 1.82) is 0 Å². The fraction of sp³-hybridized carbons (Fsp3) is 0.419. The number of aryl methyl sites for hydroxylation is 2. The largest absolute Gasteiger partial charge is 0.363 e. The van der Waals surface area contributed by atoms with E-state index in [1.54, 1.807) is 18.2 Å². The minimum Gasteiger partial charge on any atom is -0.363 e. The van der Waals surface area contributed by atoms with Gasteiger partial charge in [0.05, 0.1) is 11.4 Å². The lowest BCUT2D eigenvalue weighted by atomic mass is 9.98. The second-order valence-corrected chi connectivity index (χ2v) is 11.0. The molecule has 2 unspecified atom stereocenters. The predicted octanol–water partition coefficient (Wildman–Crippen LogP) is 4.24. The first-order valence-corrected chi connectivity index (χ1v) is 14.3. The number of carbonyl (C=O) groups excluding carboxylic acids is 2. The van der Waals surface area contributed by atoms with E-state index in [2.05, 4.69) is 16.1 Å². The van der Waals surface area contributed by atoms with Crippen molar-refractivity contribution in [1.82, 2.24) is 26.1 Å². The van der Waals surface area contributed by atoms with E-state index in [0.717, 1.165) is 41.6 Å². The van der Waals surface area contributed by atoms with Crippen LogP contribution in [0.5, 0.6) is 0 Å². The van der Waals surface area contributed by atoms with E-state index in [1.165, 1.54) is 11.9 Å². The van der Waals surface area contributed by atoms with E-state index in [-0.39, 0.29) is 30.7 Å². The van der Waals surface area contributed by atoms with Crippen molar-refractivity contribution in [3.8, 4) is 0 Å². The number of hydrogen-bond donors (Lipinski definition) is 4. The number of ketones is 1. The number of carbonyl (C=O) groups is 2. The van der Waals surface area contributed by atoms with Gasteiger partial charge in [0.25, 0.3) is 5.91 Å².